The van der Waals surface area contributed by atoms with Crippen LogP contribution in [0.5, 0.6) is 0 Å². The first kappa shape index (κ1) is 14.4. The normalized spacial score (nSPS) is 10.9. The fourth-order valence-corrected chi connectivity index (χ4v) is 4.21. The van der Waals surface area contributed by atoms with Gasteiger partial charge in [0.2, 0.25) is 0 Å². The largest absolute Gasteiger partial charge is 0.312 e. The average Bonchev–Trinajstić information content (AvgIpc) is 2.73. The van der Waals surface area contributed by atoms with E-state index in [4.69, 9.17) is 23.2 Å². The molecule has 0 atom stereocenters. The molecule has 0 bridgehead atoms. The Morgan fingerprint density at radius 3 is 2.50 bits per heavy atom. The van der Waals surface area contributed by atoms with Crippen molar-refractivity contribution in [1.82, 2.24) is 5.32 Å². The van der Waals surface area contributed by atoms with Crippen LogP contribution in [0, 0.1) is 0 Å². The number of thiophene rings is 1. The lowest BCUT2D eigenvalue weighted by molar-refractivity contribution is 0.735. The second kappa shape index (κ2) is 6.40. The van der Waals surface area contributed by atoms with Crippen LogP contribution in [0.2, 0.25) is 10.0 Å². The maximum Gasteiger partial charge on any atom is 0.0518 e. The molecule has 1 aromatic carbocycles. The molecule has 5 heteroatoms. The quantitative estimate of drug-likeness (QED) is 0.745. The molecule has 0 aliphatic heterocycles. The minimum Gasteiger partial charge on any atom is -0.312 e. The molecule has 0 radical (unpaired) electrons. The van der Waals surface area contributed by atoms with Crippen molar-refractivity contribution in [3.63, 3.8) is 0 Å². The second-order valence-electron chi connectivity index (χ2n) is 3.79. The van der Waals surface area contributed by atoms with Crippen molar-refractivity contribution in [2.24, 2.45) is 0 Å². The van der Waals surface area contributed by atoms with Crippen LogP contribution in [0.4, 0.5) is 0 Å². The van der Waals surface area contributed by atoms with Crippen LogP contribution in [0.25, 0.3) is 10.4 Å². The van der Waals surface area contributed by atoms with Gasteiger partial charge >= 0.3 is 0 Å². The molecular weight excluding hydrogens is 353 g/mol. The Morgan fingerprint density at radius 1 is 1.22 bits per heavy atom. The third kappa shape index (κ3) is 3.28. The van der Waals surface area contributed by atoms with Crippen LogP contribution in [0.3, 0.4) is 0 Å². The monoisotopic (exact) mass is 363 g/mol. The summed E-state index contributed by atoms with van der Waals surface area (Å²) in [7, 11) is 0. The predicted molar refractivity (Wildman–Crippen MR) is 84.9 cm³/mol. The van der Waals surface area contributed by atoms with Gasteiger partial charge in [0.1, 0.15) is 0 Å². The van der Waals surface area contributed by atoms with Crippen molar-refractivity contribution in [2.75, 3.05) is 6.54 Å². The second-order valence-corrected chi connectivity index (χ2v) is 6.69. The van der Waals surface area contributed by atoms with Crippen molar-refractivity contribution in [3.8, 4) is 10.4 Å². The average molecular weight is 365 g/mol. The standard InChI is InChI=1S/C13H12BrCl2NS/c1-2-17-7-9-3-4-12(18-9)13-10(15)5-8(14)6-11(13)16/h3-6,17H,2,7H2,1H3. The number of nitrogens with one attached hydrogen (secondary N) is 1. The molecule has 2 aromatic rings. The Hall–Kier alpha value is -0.0600. The molecule has 1 aromatic heterocycles. The molecule has 0 spiro atoms. The van der Waals surface area contributed by atoms with E-state index in [0.717, 1.165) is 28.0 Å². The fourth-order valence-electron chi connectivity index (χ4n) is 1.63. The topological polar surface area (TPSA) is 12.0 Å². The third-order valence-electron chi connectivity index (χ3n) is 2.46. The highest BCUT2D eigenvalue weighted by atomic mass is 79.9. The van der Waals surface area contributed by atoms with Gasteiger partial charge in [0.15, 0.2) is 0 Å². The highest BCUT2D eigenvalue weighted by molar-refractivity contribution is 9.10. The molecule has 0 fully saturated rings. The smallest absolute Gasteiger partial charge is 0.0518 e. The Kier molecular flexibility index (Phi) is 5.10. The molecule has 1 nitrogen and oxygen atoms in total. The molecule has 1 N–H and O–H groups in total. The van der Waals surface area contributed by atoms with Gasteiger partial charge in [0, 0.05) is 26.3 Å². The number of rotatable bonds is 4. The Morgan fingerprint density at radius 2 is 1.89 bits per heavy atom. The number of hydrogen-bond acceptors (Lipinski definition) is 2. The van der Waals surface area contributed by atoms with E-state index in [1.165, 1.54) is 4.88 Å². The maximum atomic E-state index is 6.26. The maximum absolute atomic E-state index is 6.26. The molecule has 0 amide bonds. The van der Waals surface area contributed by atoms with Crippen LogP contribution in [-0.4, -0.2) is 6.54 Å². The molecule has 2 rings (SSSR count). The summed E-state index contributed by atoms with van der Waals surface area (Å²) in [6, 6.07) is 7.91. The molecule has 1 heterocycles. The van der Waals surface area contributed by atoms with Crippen LogP contribution in [0.1, 0.15) is 11.8 Å². The SMILES string of the molecule is CCNCc1ccc(-c2c(Cl)cc(Br)cc2Cl)s1. The van der Waals surface area contributed by atoms with E-state index in [1.54, 1.807) is 11.3 Å². The van der Waals surface area contributed by atoms with Crippen LogP contribution < -0.4 is 5.32 Å². The highest BCUT2D eigenvalue weighted by Gasteiger charge is 2.12. The summed E-state index contributed by atoms with van der Waals surface area (Å²) in [5.74, 6) is 0. The lowest BCUT2D eigenvalue weighted by Crippen LogP contribution is -2.10. The van der Waals surface area contributed by atoms with Crippen molar-refractivity contribution in [2.45, 2.75) is 13.5 Å². The molecule has 96 valence electrons. The predicted octanol–water partition coefficient (Wildman–Crippen LogP) is 5.59. The van der Waals surface area contributed by atoms with E-state index < -0.39 is 0 Å². The third-order valence-corrected chi connectivity index (χ3v) is 4.62. The minimum atomic E-state index is 0.672. The molecule has 0 unspecified atom stereocenters. The van der Waals surface area contributed by atoms with Crippen molar-refractivity contribution >= 4 is 50.5 Å². The van der Waals surface area contributed by atoms with Gasteiger partial charge in [-0.05, 0) is 30.8 Å². The zero-order chi connectivity index (χ0) is 13.1. The first-order valence-electron chi connectivity index (χ1n) is 5.56. The summed E-state index contributed by atoms with van der Waals surface area (Å²) in [6.45, 7) is 3.94. The van der Waals surface area contributed by atoms with Crippen molar-refractivity contribution in [3.05, 3.63) is 43.7 Å². The Balaban J connectivity index is 2.34. The summed E-state index contributed by atoms with van der Waals surface area (Å²) in [4.78, 5) is 2.38. The minimum absolute atomic E-state index is 0.672. The van der Waals surface area contributed by atoms with E-state index in [2.05, 4.69) is 40.3 Å². The van der Waals surface area contributed by atoms with Crippen LogP contribution >= 0.6 is 50.5 Å². The number of hydrogen-bond donors (Lipinski definition) is 1. The van der Waals surface area contributed by atoms with E-state index in [-0.39, 0.29) is 0 Å². The number of benzene rings is 1. The summed E-state index contributed by atoms with van der Waals surface area (Å²) in [5, 5.41) is 4.65. The van der Waals surface area contributed by atoms with Crippen molar-refractivity contribution in [1.29, 1.82) is 0 Å². The first-order valence-corrected chi connectivity index (χ1v) is 7.92. The van der Waals surface area contributed by atoms with E-state index in [9.17, 15) is 0 Å². The van der Waals surface area contributed by atoms with E-state index in [0.29, 0.717) is 10.0 Å². The van der Waals surface area contributed by atoms with Crippen LogP contribution in [0.15, 0.2) is 28.7 Å². The molecular formula is C13H12BrCl2NS. The zero-order valence-corrected chi connectivity index (χ0v) is 13.7. The molecule has 0 aliphatic rings. The summed E-state index contributed by atoms with van der Waals surface area (Å²) in [6.07, 6.45) is 0. The molecule has 0 saturated carbocycles. The van der Waals surface area contributed by atoms with Gasteiger partial charge in [-0.15, -0.1) is 11.3 Å². The summed E-state index contributed by atoms with van der Waals surface area (Å²) < 4.78 is 0.894. The summed E-state index contributed by atoms with van der Waals surface area (Å²) in [5.41, 5.74) is 0.911. The lowest BCUT2D eigenvalue weighted by atomic mass is 10.2. The van der Waals surface area contributed by atoms with Gasteiger partial charge in [0.05, 0.1) is 10.0 Å². The molecule has 0 aliphatic carbocycles. The van der Waals surface area contributed by atoms with Gasteiger partial charge in [-0.1, -0.05) is 46.1 Å². The lowest BCUT2D eigenvalue weighted by Gasteiger charge is -2.05. The zero-order valence-electron chi connectivity index (χ0n) is 9.77. The first-order chi connectivity index (χ1) is 8.61. The van der Waals surface area contributed by atoms with Gasteiger partial charge < -0.3 is 5.32 Å². The highest BCUT2D eigenvalue weighted by Crippen LogP contribution is 2.40. The Bertz CT molecular complexity index is 531. The van der Waals surface area contributed by atoms with Crippen LogP contribution in [-0.2, 0) is 6.54 Å². The van der Waals surface area contributed by atoms with Gasteiger partial charge in [0.25, 0.3) is 0 Å². The van der Waals surface area contributed by atoms with Gasteiger partial charge in [-0.25, -0.2) is 0 Å². The van der Waals surface area contributed by atoms with E-state index in [1.807, 2.05) is 12.1 Å². The Labute approximate surface area is 129 Å². The van der Waals surface area contributed by atoms with Gasteiger partial charge in [-0.3, -0.25) is 0 Å². The van der Waals surface area contributed by atoms with E-state index >= 15 is 0 Å². The fraction of sp³-hybridized carbons (Fsp3) is 0.231. The number of halogens is 3. The van der Waals surface area contributed by atoms with Crippen molar-refractivity contribution < 1.29 is 0 Å². The van der Waals surface area contributed by atoms with Gasteiger partial charge in [-0.2, -0.15) is 0 Å². The molecule has 0 saturated heterocycles. The molecule has 18 heavy (non-hydrogen) atoms. The summed E-state index contributed by atoms with van der Waals surface area (Å²) >= 11 is 17.6.